The molecule has 0 spiro atoms. The van der Waals surface area contributed by atoms with E-state index in [9.17, 15) is 0 Å². The van der Waals surface area contributed by atoms with Gasteiger partial charge in [-0.1, -0.05) is 48.9 Å². The molecule has 1 saturated carbocycles. The zero-order valence-corrected chi connectivity index (χ0v) is 23.1. The maximum Gasteiger partial charge on any atom is 0.196 e. The summed E-state index contributed by atoms with van der Waals surface area (Å²) in [7, 11) is 0. The monoisotopic (exact) mass is 556 g/mol. The van der Waals surface area contributed by atoms with E-state index < -0.39 is 0 Å². The summed E-state index contributed by atoms with van der Waals surface area (Å²) < 4.78 is 0. The van der Waals surface area contributed by atoms with E-state index in [1.165, 1.54) is 17.3 Å². The molecule has 1 aliphatic heterocycles. The molecule has 0 bridgehead atoms. The first-order valence-corrected chi connectivity index (χ1v) is 14.5. The van der Waals surface area contributed by atoms with Crippen molar-refractivity contribution in [2.24, 2.45) is 17.6 Å². The van der Waals surface area contributed by atoms with E-state index in [2.05, 4.69) is 56.4 Å². The summed E-state index contributed by atoms with van der Waals surface area (Å²) in [6.07, 6.45) is 4.42. The van der Waals surface area contributed by atoms with Crippen LogP contribution in [0.5, 0.6) is 0 Å². The Kier molecular flexibility index (Phi) is 6.19. The fourth-order valence-electron chi connectivity index (χ4n) is 6.09. The van der Waals surface area contributed by atoms with E-state index >= 15 is 0 Å². The summed E-state index contributed by atoms with van der Waals surface area (Å²) in [6.45, 7) is 5.29. The number of hydrogen-bond acceptors (Lipinski definition) is 8. The minimum absolute atomic E-state index is 0.0314. The van der Waals surface area contributed by atoms with Gasteiger partial charge in [0.2, 0.25) is 0 Å². The predicted octanol–water partition coefficient (Wildman–Crippen LogP) is 4.82. The van der Waals surface area contributed by atoms with Crippen LogP contribution in [0.3, 0.4) is 0 Å². The van der Waals surface area contributed by atoms with Crippen LogP contribution in [-0.2, 0) is 13.0 Å². The molecular formula is C29H29ClN8S. The van der Waals surface area contributed by atoms with E-state index in [0.717, 1.165) is 64.5 Å². The first-order chi connectivity index (χ1) is 19.1. The van der Waals surface area contributed by atoms with Gasteiger partial charge in [0.15, 0.2) is 5.16 Å². The number of piperidine rings is 1. The summed E-state index contributed by atoms with van der Waals surface area (Å²) in [5.74, 6) is 1.81. The van der Waals surface area contributed by atoms with Gasteiger partial charge in [0, 0.05) is 66.5 Å². The first kappa shape index (κ1) is 24.8. The molecule has 1 saturated heterocycles. The van der Waals surface area contributed by atoms with Gasteiger partial charge in [-0.2, -0.15) is 0 Å². The van der Waals surface area contributed by atoms with Crippen LogP contribution in [0.25, 0.3) is 22.1 Å². The number of nitrogens with zero attached hydrogens (tertiary/aromatic N) is 5. The Balaban J connectivity index is 1.18. The smallest absolute Gasteiger partial charge is 0.196 e. The van der Waals surface area contributed by atoms with Gasteiger partial charge in [-0.3, -0.25) is 9.97 Å². The number of anilines is 1. The molecule has 2 fully saturated rings. The quantitative estimate of drug-likeness (QED) is 0.233. The van der Waals surface area contributed by atoms with E-state index in [1.54, 1.807) is 6.20 Å². The molecule has 2 aliphatic rings. The summed E-state index contributed by atoms with van der Waals surface area (Å²) in [5.41, 5.74) is 11.0. The molecule has 1 aliphatic carbocycles. The third-order valence-electron chi connectivity index (χ3n) is 8.25. The number of nitrogens with two attached hydrogens (primary N) is 1. The second-order valence-corrected chi connectivity index (χ2v) is 11.8. The van der Waals surface area contributed by atoms with E-state index in [-0.39, 0.29) is 5.54 Å². The number of halogens is 1. The molecule has 7 rings (SSSR count). The number of rotatable bonds is 8. The van der Waals surface area contributed by atoms with E-state index in [0.29, 0.717) is 28.6 Å². The lowest BCUT2D eigenvalue weighted by Crippen LogP contribution is -2.46. The van der Waals surface area contributed by atoms with Crippen molar-refractivity contribution in [2.75, 3.05) is 24.5 Å². The number of nitrogens with one attached hydrogen (secondary N) is 2. The van der Waals surface area contributed by atoms with Gasteiger partial charge in [0.25, 0.3) is 0 Å². The van der Waals surface area contributed by atoms with Crippen LogP contribution in [0.2, 0.25) is 5.02 Å². The first-order valence-electron chi connectivity index (χ1n) is 13.3. The molecular weight excluding hydrogens is 528 g/mol. The van der Waals surface area contributed by atoms with Gasteiger partial charge in [0.05, 0.1) is 21.4 Å². The Morgan fingerprint density at radius 1 is 1.10 bits per heavy atom. The number of H-pyrrole nitrogens is 1. The molecule has 8 nitrogen and oxygen atoms in total. The number of aryl methyl sites for hydroxylation is 1. The van der Waals surface area contributed by atoms with Gasteiger partial charge in [-0.25, -0.2) is 9.97 Å². The van der Waals surface area contributed by atoms with Crippen molar-refractivity contribution < 1.29 is 0 Å². The van der Waals surface area contributed by atoms with Gasteiger partial charge >= 0.3 is 0 Å². The fraction of sp³-hybridized carbons (Fsp3) is 0.310. The number of fused-ring (bicyclic) bond motifs is 3. The minimum atomic E-state index is -0.0314. The van der Waals surface area contributed by atoms with Gasteiger partial charge in [-0.15, -0.1) is 0 Å². The van der Waals surface area contributed by atoms with Crippen LogP contribution in [0.4, 0.5) is 5.82 Å². The topological polar surface area (TPSA) is 109 Å². The lowest BCUT2D eigenvalue weighted by atomic mass is 10.1. The highest BCUT2D eigenvalue weighted by molar-refractivity contribution is 7.99. The molecule has 5 aromatic rings. The zero-order chi connectivity index (χ0) is 26.6. The molecule has 2 unspecified atom stereocenters. The molecule has 5 heterocycles. The highest BCUT2D eigenvalue weighted by Crippen LogP contribution is 2.56. The Bertz CT molecular complexity index is 1660. The third kappa shape index (κ3) is 4.24. The average Bonchev–Trinajstić information content (AvgIpc) is 3.23. The Morgan fingerprint density at radius 3 is 2.69 bits per heavy atom. The van der Waals surface area contributed by atoms with Crippen LogP contribution in [0, 0.1) is 11.8 Å². The lowest BCUT2D eigenvalue weighted by molar-refractivity contribution is 0.425. The number of hydrogen-bond donors (Lipinski definition) is 3. The standard InChI is InChI=1S/C29H29ClN8S/c1-2-21-25(30)24-26(35-21)36-28(39-18-11-23-22(33-13-18)9-6-10-32-23)37-27(24)38-14-19-20(15-38)29(19,16-31)34-12-17-7-4-3-5-8-17/h3-11,13,19-20,34H,2,12,14-16,31H2,1H3,(H,35,36,37). The van der Waals surface area contributed by atoms with Gasteiger partial charge in [-0.05, 0) is 41.9 Å². The SMILES string of the molecule is CCc1[nH]c2nc(Sc3cnc4cccnc4c3)nc(N3CC4C(C3)C4(CN)NCc3ccccc3)c2c1Cl. The van der Waals surface area contributed by atoms with Crippen molar-refractivity contribution in [3.63, 3.8) is 0 Å². The lowest BCUT2D eigenvalue weighted by Gasteiger charge is -2.28. The van der Waals surface area contributed by atoms with Crippen LogP contribution >= 0.6 is 23.4 Å². The van der Waals surface area contributed by atoms with Gasteiger partial charge in [0.1, 0.15) is 11.5 Å². The second-order valence-electron chi connectivity index (χ2n) is 10.3. The number of aromatic amines is 1. The molecule has 4 aromatic heterocycles. The Morgan fingerprint density at radius 2 is 1.92 bits per heavy atom. The fourth-order valence-corrected chi connectivity index (χ4v) is 7.20. The highest BCUT2D eigenvalue weighted by atomic mass is 35.5. The zero-order valence-electron chi connectivity index (χ0n) is 21.6. The van der Waals surface area contributed by atoms with Crippen LogP contribution in [0.1, 0.15) is 18.2 Å². The molecule has 0 radical (unpaired) electrons. The van der Waals surface area contributed by atoms with Crippen molar-refractivity contribution in [3.8, 4) is 0 Å². The highest BCUT2D eigenvalue weighted by Gasteiger charge is 2.67. The molecule has 4 N–H and O–H groups in total. The average molecular weight is 557 g/mol. The maximum absolute atomic E-state index is 6.87. The van der Waals surface area contributed by atoms with Crippen molar-refractivity contribution in [2.45, 2.75) is 35.5 Å². The normalized spacial score (nSPS) is 22.1. The van der Waals surface area contributed by atoms with Crippen molar-refractivity contribution in [3.05, 3.63) is 77.2 Å². The van der Waals surface area contributed by atoms with Crippen LogP contribution in [0.15, 0.2) is 71.0 Å². The molecule has 1 aromatic carbocycles. The second kappa shape index (κ2) is 9.75. The molecule has 10 heteroatoms. The number of benzene rings is 1. The third-order valence-corrected chi connectivity index (χ3v) is 9.49. The van der Waals surface area contributed by atoms with Crippen molar-refractivity contribution in [1.82, 2.24) is 30.2 Å². The van der Waals surface area contributed by atoms with E-state index in [4.69, 9.17) is 27.3 Å². The van der Waals surface area contributed by atoms with Crippen LogP contribution in [-0.4, -0.2) is 50.1 Å². The number of pyridine rings is 2. The van der Waals surface area contributed by atoms with Crippen LogP contribution < -0.4 is 16.0 Å². The summed E-state index contributed by atoms with van der Waals surface area (Å²) in [5, 5.41) is 6.06. The molecule has 2 atom stereocenters. The summed E-state index contributed by atoms with van der Waals surface area (Å²) >= 11 is 8.36. The number of aromatic nitrogens is 5. The molecule has 39 heavy (non-hydrogen) atoms. The predicted molar refractivity (Wildman–Crippen MR) is 156 cm³/mol. The Hall–Kier alpha value is -3.24. The molecule has 0 amide bonds. The van der Waals surface area contributed by atoms with Crippen molar-refractivity contribution in [1.29, 1.82) is 0 Å². The molecule has 198 valence electrons. The van der Waals surface area contributed by atoms with Crippen molar-refractivity contribution >= 4 is 51.2 Å². The van der Waals surface area contributed by atoms with E-state index in [1.807, 2.05) is 30.5 Å². The summed E-state index contributed by atoms with van der Waals surface area (Å²) in [4.78, 5) is 25.7. The Labute approximate surface area is 235 Å². The minimum Gasteiger partial charge on any atom is -0.355 e. The maximum atomic E-state index is 6.87. The largest absolute Gasteiger partial charge is 0.355 e. The van der Waals surface area contributed by atoms with Gasteiger partial charge < -0.3 is 20.9 Å². The summed E-state index contributed by atoms with van der Waals surface area (Å²) in [6, 6.07) is 16.4.